The smallest absolute Gasteiger partial charge is 0.211 e. The van der Waals surface area contributed by atoms with Gasteiger partial charge in [0.2, 0.25) is 10.0 Å². The highest BCUT2D eigenvalue weighted by Gasteiger charge is 2.40. The van der Waals surface area contributed by atoms with Gasteiger partial charge in [-0.05, 0) is 53.7 Å². The molecule has 0 amide bonds. The number of nitrogens with one attached hydrogen (secondary N) is 1. The van der Waals surface area contributed by atoms with Crippen LogP contribution in [0.3, 0.4) is 0 Å². The van der Waals surface area contributed by atoms with Crippen LogP contribution in [0.25, 0.3) is 27.7 Å². The predicted octanol–water partition coefficient (Wildman–Crippen LogP) is 3.67. The SMILES string of the molecule is COc1cc(F)ccc1-c1ccnc2[nH]c(C3=CC4CN(S(C)(=O)=O)CC4C3)cc12. The van der Waals surface area contributed by atoms with Crippen molar-refractivity contribution in [2.75, 3.05) is 26.5 Å². The number of allylic oxidation sites excluding steroid dienone is 1. The third-order valence-corrected chi connectivity index (χ3v) is 7.39. The summed E-state index contributed by atoms with van der Waals surface area (Å²) in [4.78, 5) is 7.86. The molecule has 2 aromatic heterocycles. The molecule has 2 atom stereocenters. The average Bonchev–Trinajstić information content (AvgIpc) is 3.39. The molecular formula is C22H22FN3O3S. The van der Waals surface area contributed by atoms with Crippen LogP contribution in [-0.2, 0) is 10.0 Å². The summed E-state index contributed by atoms with van der Waals surface area (Å²) in [6.07, 6.45) is 6.02. The molecule has 5 rings (SSSR count). The summed E-state index contributed by atoms with van der Waals surface area (Å²) in [5, 5.41) is 0.938. The summed E-state index contributed by atoms with van der Waals surface area (Å²) in [6, 6.07) is 8.49. The molecule has 6 nitrogen and oxygen atoms in total. The number of hydrogen-bond acceptors (Lipinski definition) is 4. The summed E-state index contributed by atoms with van der Waals surface area (Å²) in [7, 11) is -1.62. The van der Waals surface area contributed by atoms with Gasteiger partial charge in [0.15, 0.2) is 0 Å². The maximum absolute atomic E-state index is 13.6. The van der Waals surface area contributed by atoms with E-state index in [0.29, 0.717) is 24.8 Å². The topological polar surface area (TPSA) is 75.3 Å². The van der Waals surface area contributed by atoms with Gasteiger partial charge in [-0.15, -0.1) is 0 Å². The number of aromatic amines is 1. The Morgan fingerprint density at radius 2 is 2.03 bits per heavy atom. The van der Waals surface area contributed by atoms with E-state index in [4.69, 9.17) is 4.74 Å². The molecular weight excluding hydrogens is 405 g/mol. The van der Waals surface area contributed by atoms with Gasteiger partial charge in [-0.3, -0.25) is 0 Å². The number of halogens is 1. The van der Waals surface area contributed by atoms with E-state index in [2.05, 4.69) is 22.1 Å². The molecule has 156 valence electrons. The second kappa shape index (κ2) is 6.92. The molecule has 1 aliphatic carbocycles. The Balaban J connectivity index is 1.51. The highest BCUT2D eigenvalue weighted by Crippen LogP contribution is 2.43. The zero-order valence-electron chi connectivity index (χ0n) is 16.7. The number of hydrogen-bond donors (Lipinski definition) is 1. The van der Waals surface area contributed by atoms with E-state index < -0.39 is 10.0 Å². The molecule has 3 heterocycles. The summed E-state index contributed by atoms with van der Waals surface area (Å²) in [6.45, 7) is 1.11. The van der Waals surface area contributed by atoms with Crippen LogP contribution in [0, 0.1) is 17.7 Å². The van der Waals surface area contributed by atoms with Crippen LogP contribution in [0.2, 0.25) is 0 Å². The number of methoxy groups -OCH3 is 1. The molecule has 8 heteroatoms. The van der Waals surface area contributed by atoms with Gasteiger partial charge < -0.3 is 9.72 Å². The number of H-pyrrole nitrogens is 1. The molecule has 30 heavy (non-hydrogen) atoms. The number of benzene rings is 1. The number of aromatic nitrogens is 2. The maximum Gasteiger partial charge on any atom is 0.211 e. The van der Waals surface area contributed by atoms with Gasteiger partial charge in [0.05, 0.1) is 13.4 Å². The van der Waals surface area contributed by atoms with Crippen LogP contribution in [0.15, 0.2) is 42.6 Å². The van der Waals surface area contributed by atoms with Crippen molar-refractivity contribution in [2.45, 2.75) is 6.42 Å². The molecule has 1 fully saturated rings. The standard InChI is InChI=1S/C22H22FN3O3S/c1-29-21-9-16(23)3-4-18(21)17-5-6-24-22-19(17)10-20(25-22)13-7-14-11-26(30(2,27)28)12-15(14)8-13/h3-7,9-10,14-15H,8,11-12H2,1-2H3,(H,24,25). The van der Waals surface area contributed by atoms with Gasteiger partial charge in [0.1, 0.15) is 17.2 Å². The van der Waals surface area contributed by atoms with Gasteiger partial charge in [0, 0.05) is 42.0 Å². The van der Waals surface area contributed by atoms with E-state index in [1.54, 1.807) is 16.6 Å². The Kier molecular flexibility index (Phi) is 4.44. The molecule has 1 aromatic carbocycles. The summed E-state index contributed by atoms with van der Waals surface area (Å²) in [5.41, 5.74) is 4.66. The van der Waals surface area contributed by atoms with Crippen molar-refractivity contribution in [3.63, 3.8) is 0 Å². The van der Waals surface area contributed by atoms with Crippen LogP contribution in [0.4, 0.5) is 4.39 Å². The maximum atomic E-state index is 13.6. The molecule has 1 aliphatic heterocycles. The molecule has 0 bridgehead atoms. The summed E-state index contributed by atoms with van der Waals surface area (Å²) >= 11 is 0. The second-order valence-corrected chi connectivity index (χ2v) is 10.0. The first-order valence-electron chi connectivity index (χ1n) is 9.81. The lowest BCUT2D eigenvalue weighted by molar-refractivity contribution is 0.413. The fraction of sp³-hybridized carbons (Fsp3) is 0.318. The van der Waals surface area contributed by atoms with Gasteiger partial charge in [-0.2, -0.15) is 0 Å². The molecule has 0 saturated carbocycles. The number of nitrogens with zero attached hydrogens (tertiary/aromatic N) is 2. The van der Waals surface area contributed by atoms with Crippen LogP contribution in [0.5, 0.6) is 5.75 Å². The first-order valence-corrected chi connectivity index (χ1v) is 11.7. The van der Waals surface area contributed by atoms with Crippen molar-refractivity contribution < 1.29 is 17.5 Å². The van der Waals surface area contributed by atoms with E-state index >= 15 is 0 Å². The third-order valence-electron chi connectivity index (χ3n) is 6.16. The van der Waals surface area contributed by atoms with Gasteiger partial charge in [0.25, 0.3) is 0 Å². The Hall–Kier alpha value is -2.71. The highest BCUT2D eigenvalue weighted by molar-refractivity contribution is 7.88. The highest BCUT2D eigenvalue weighted by atomic mass is 32.2. The minimum Gasteiger partial charge on any atom is -0.496 e. The second-order valence-electron chi connectivity index (χ2n) is 8.05. The van der Waals surface area contributed by atoms with Gasteiger partial charge in [-0.25, -0.2) is 22.1 Å². The molecule has 0 spiro atoms. The molecule has 1 saturated heterocycles. The van der Waals surface area contributed by atoms with E-state index in [1.165, 1.54) is 31.1 Å². The van der Waals surface area contributed by atoms with Crippen LogP contribution in [-0.4, -0.2) is 49.1 Å². The lowest BCUT2D eigenvalue weighted by Crippen LogP contribution is -2.28. The quantitative estimate of drug-likeness (QED) is 0.689. The molecule has 3 aromatic rings. The Morgan fingerprint density at radius 1 is 1.20 bits per heavy atom. The first-order chi connectivity index (χ1) is 14.3. The molecule has 2 aliphatic rings. The average molecular weight is 428 g/mol. The number of sulfonamides is 1. The number of ether oxygens (including phenoxy) is 1. The minimum atomic E-state index is -3.15. The molecule has 0 radical (unpaired) electrons. The van der Waals surface area contributed by atoms with Crippen molar-refractivity contribution in [1.82, 2.24) is 14.3 Å². The van der Waals surface area contributed by atoms with Crippen LogP contribution < -0.4 is 4.74 Å². The number of pyridine rings is 1. The van der Waals surface area contributed by atoms with Crippen LogP contribution in [0.1, 0.15) is 12.1 Å². The Labute approximate surface area is 174 Å². The third kappa shape index (κ3) is 3.20. The Bertz CT molecular complexity index is 1280. The van der Waals surface area contributed by atoms with Crippen molar-refractivity contribution in [3.8, 4) is 16.9 Å². The fourth-order valence-electron chi connectivity index (χ4n) is 4.66. The van der Waals surface area contributed by atoms with Crippen LogP contribution >= 0.6 is 0 Å². The first kappa shape index (κ1) is 19.3. The summed E-state index contributed by atoms with van der Waals surface area (Å²) in [5.74, 6) is 0.679. The Morgan fingerprint density at radius 3 is 2.77 bits per heavy atom. The lowest BCUT2D eigenvalue weighted by atomic mass is 9.99. The fourth-order valence-corrected chi connectivity index (χ4v) is 5.57. The number of rotatable bonds is 4. The molecule has 2 unspecified atom stereocenters. The minimum absolute atomic E-state index is 0.241. The largest absolute Gasteiger partial charge is 0.496 e. The zero-order valence-corrected chi connectivity index (χ0v) is 17.5. The van der Waals surface area contributed by atoms with Crippen molar-refractivity contribution in [2.24, 2.45) is 11.8 Å². The van der Waals surface area contributed by atoms with E-state index in [-0.39, 0.29) is 11.7 Å². The number of fused-ring (bicyclic) bond motifs is 2. The zero-order chi connectivity index (χ0) is 21.0. The van der Waals surface area contributed by atoms with Crippen molar-refractivity contribution in [1.29, 1.82) is 0 Å². The summed E-state index contributed by atoms with van der Waals surface area (Å²) < 4.78 is 44.3. The monoisotopic (exact) mass is 427 g/mol. The van der Waals surface area contributed by atoms with Gasteiger partial charge >= 0.3 is 0 Å². The van der Waals surface area contributed by atoms with E-state index in [0.717, 1.165) is 34.3 Å². The van der Waals surface area contributed by atoms with Crippen molar-refractivity contribution >= 4 is 26.6 Å². The lowest BCUT2D eigenvalue weighted by Gasteiger charge is -2.13. The van der Waals surface area contributed by atoms with Gasteiger partial charge in [-0.1, -0.05) is 6.08 Å². The normalized spacial score (nSPS) is 21.8. The van der Waals surface area contributed by atoms with E-state index in [9.17, 15) is 12.8 Å². The molecule has 1 N–H and O–H groups in total. The van der Waals surface area contributed by atoms with Crippen molar-refractivity contribution in [3.05, 3.63) is 54.1 Å². The predicted molar refractivity (Wildman–Crippen MR) is 114 cm³/mol. The van der Waals surface area contributed by atoms with E-state index in [1.807, 2.05) is 6.07 Å².